The molecule has 1 N–H and O–H groups in total. The highest BCUT2D eigenvalue weighted by Crippen LogP contribution is 2.31. The maximum atomic E-state index is 12.3. The Bertz CT molecular complexity index is 1290. The third kappa shape index (κ3) is 9.37. The number of amides is 1. The topological polar surface area (TPSA) is 101 Å². The summed E-state index contributed by atoms with van der Waals surface area (Å²) in [6, 6.07) is 12.6. The van der Waals surface area contributed by atoms with Gasteiger partial charge in [0.25, 0.3) is 0 Å². The number of esters is 1. The summed E-state index contributed by atoms with van der Waals surface area (Å²) < 4.78 is 24.5. The molecule has 9 nitrogen and oxygen atoms in total. The summed E-state index contributed by atoms with van der Waals surface area (Å²) in [6.07, 6.45) is 1.56. The molecule has 1 unspecified atom stereocenters. The zero-order valence-electron chi connectivity index (χ0n) is 25.0. The second kappa shape index (κ2) is 13.3. The number of aromatic nitrogens is 2. The molecule has 0 saturated heterocycles. The Labute approximate surface area is 238 Å². The van der Waals surface area contributed by atoms with Gasteiger partial charge in [-0.3, -0.25) is 4.79 Å². The Kier molecular flexibility index (Phi) is 10.4. The van der Waals surface area contributed by atoms with Crippen molar-refractivity contribution in [2.24, 2.45) is 5.92 Å². The van der Waals surface area contributed by atoms with Gasteiger partial charge in [0, 0.05) is 33.1 Å². The quantitative estimate of drug-likeness (QED) is 0.155. The van der Waals surface area contributed by atoms with Gasteiger partial charge in [-0.15, -0.1) is 0 Å². The molecule has 10 heteroatoms. The first-order chi connectivity index (χ1) is 18.8. The van der Waals surface area contributed by atoms with Gasteiger partial charge in [-0.2, -0.15) is 0 Å². The highest BCUT2D eigenvalue weighted by Gasteiger charge is 2.23. The SMILES string of the molecule is COC(=O)C(CNC(=O)OC(C)(C)C)Cc1ccc(Oc2ccnc3c2cc(C)n3COCC[Si](C)(C)C)cc1. The van der Waals surface area contributed by atoms with E-state index in [4.69, 9.17) is 18.9 Å². The normalized spacial score (nSPS) is 12.7. The number of rotatable bonds is 12. The molecule has 0 bridgehead atoms. The zero-order chi connectivity index (χ0) is 29.5. The minimum absolute atomic E-state index is 0.104. The van der Waals surface area contributed by atoms with E-state index in [1.54, 1.807) is 27.0 Å². The van der Waals surface area contributed by atoms with Crippen molar-refractivity contribution < 1.29 is 28.5 Å². The highest BCUT2D eigenvalue weighted by atomic mass is 28.3. The molecule has 1 amide bonds. The summed E-state index contributed by atoms with van der Waals surface area (Å²) in [4.78, 5) is 29.0. The summed E-state index contributed by atoms with van der Waals surface area (Å²) in [5, 5.41) is 3.58. The van der Waals surface area contributed by atoms with E-state index in [9.17, 15) is 9.59 Å². The van der Waals surface area contributed by atoms with Crippen LogP contribution in [0.5, 0.6) is 11.5 Å². The molecule has 3 aromatic rings. The maximum absolute atomic E-state index is 12.3. The van der Waals surface area contributed by atoms with Crippen LogP contribution in [-0.4, -0.2) is 55.5 Å². The van der Waals surface area contributed by atoms with Crippen LogP contribution < -0.4 is 10.1 Å². The molecule has 0 aliphatic heterocycles. The monoisotopic (exact) mass is 569 g/mol. The third-order valence-corrected chi connectivity index (χ3v) is 7.94. The van der Waals surface area contributed by atoms with Gasteiger partial charge in [-0.25, -0.2) is 9.78 Å². The molecule has 2 aromatic heterocycles. The van der Waals surface area contributed by atoms with E-state index < -0.39 is 31.7 Å². The molecular weight excluding hydrogens is 526 g/mol. The fourth-order valence-corrected chi connectivity index (χ4v) is 4.82. The van der Waals surface area contributed by atoms with Crippen LogP contribution in [0.1, 0.15) is 32.0 Å². The number of pyridine rings is 1. The van der Waals surface area contributed by atoms with Crippen molar-refractivity contribution in [2.45, 2.75) is 72.1 Å². The molecule has 3 rings (SSSR count). The molecule has 0 spiro atoms. The van der Waals surface area contributed by atoms with Crippen LogP contribution in [0.3, 0.4) is 0 Å². The fourth-order valence-electron chi connectivity index (χ4n) is 4.07. The van der Waals surface area contributed by atoms with Gasteiger partial charge in [0.15, 0.2) is 0 Å². The van der Waals surface area contributed by atoms with E-state index in [2.05, 4.69) is 40.6 Å². The summed E-state index contributed by atoms with van der Waals surface area (Å²) in [5.74, 6) is 0.407. The van der Waals surface area contributed by atoms with Crippen molar-refractivity contribution in [1.82, 2.24) is 14.9 Å². The molecule has 1 atom stereocenters. The van der Waals surface area contributed by atoms with E-state index >= 15 is 0 Å². The predicted octanol–water partition coefficient (Wildman–Crippen LogP) is 6.31. The molecule has 2 heterocycles. The van der Waals surface area contributed by atoms with Crippen molar-refractivity contribution in [1.29, 1.82) is 0 Å². The van der Waals surface area contributed by atoms with Crippen molar-refractivity contribution in [3.05, 3.63) is 53.9 Å². The number of carbonyl (C=O) groups excluding carboxylic acids is 2. The Hall–Kier alpha value is -3.37. The number of benzene rings is 1. The Morgan fingerprint density at radius 1 is 1.10 bits per heavy atom. The lowest BCUT2D eigenvalue weighted by Gasteiger charge is -2.21. The Morgan fingerprint density at radius 2 is 1.80 bits per heavy atom. The molecule has 1 aromatic carbocycles. The fraction of sp³-hybridized carbons (Fsp3) is 0.500. The first-order valence-electron chi connectivity index (χ1n) is 13.6. The number of fused-ring (bicyclic) bond motifs is 1. The molecule has 0 radical (unpaired) electrons. The molecule has 0 saturated carbocycles. The van der Waals surface area contributed by atoms with Crippen LogP contribution in [0.25, 0.3) is 11.0 Å². The number of nitrogens with one attached hydrogen (secondary N) is 1. The van der Waals surface area contributed by atoms with Crippen LogP contribution in [0.4, 0.5) is 4.79 Å². The number of nitrogens with zero attached hydrogens (tertiary/aromatic N) is 2. The van der Waals surface area contributed by atoms with E-state index in [1.165, 1.54) is 7.11 Å². The van der Waals surface area contributed by atoms with E-state index in [-0.39, 0.29) is 6.54 Å². The minimum atomic E-state index is -1.15. The molecule has 0 aliphatic rings. The van der Waals surface area contributed by atoms with Crippen molar-refractivity contribution >= 4 is 31.2 Å². The zero-order valence-corrected chi connectivity index (χ0v) is 26.0. The number of carbonyl (C=O) groups is 2. The number of methoxy groups -OCH3 is 1. The van der Waals surface area contributed by atoms with E-state index in [1.807, 2.05) is 37.3 Å². The first kappa shape index (κ1) is 31.2. The van der Waals surface area contributed by atoms with Gasteiger partial charge in [0.05, 0.1) is 18.4 Å². The van der Waals surface area contributed by atoms with Crippen LogP contribution in [-0.2, 0) is 32.2 Å². The van der Waals surface area contributed by atoms with Crippen molar-refractivity contribution in [3.8, 4) is 11.5 Å². The number of aryl methyl sites for hydroxylation is 1. The Balaban J connectivity index is 1.66. The van der Waals surface area contributed by atoms with Crippen molar-refractivity contribution in [3.63, 3.8) is 0 Å². The average Bonchev–Trinajstić information content (AvgIpc) is 3.19. The summed E-state index contributed by atoms with van der Waals surface area (Å²) in [5.41, 5.74) is 2.16. The highest BCUT2D eigenvalue weighted by molar-refractivity contribution is 6.76. The first-order valence-corrected chi connectivity index (χ1v) is 17.3. The second-order valence-electron chi connectivity index (χ2n) is 12.2. The van der Waals surface area contributed by atoms with Gasteiger partial charge >= 0.3 is 12.1 Å². The van der Waals surface area contributed by atoms with Crippen LogP contribution in [0.15, 0.2) is 42.6 Å². The number of hydrogen-bond donors (Lipinski definition) is 1. The second-order valence-corrected chi connectivity index (χ2v) is 17.8. The van der Waals surface area contributed by atoms with E-state index in [0.29, 0.717) is 24.7 Å². The lowest BCUT2D eigenvalue weighted by atomic mass is 9.99. The molecule has 218 valence electrons. The van der Waals surface area contributed by atoms with Gasteiger partial charge in [0.1, 0.15) is 29.5 Å². The predicted molar refractivity (Wildman–Crippen MR) is 159 cm³/mol. The average molecular weight is 570 g/mol. The number of hydrogen-bond acceptors (Lipinski definition) is 7. The molecule has 0 aliphatic carbocycles. The number of ether oxygens (including phenoxy) is 4. The summed E-state index contributed by atoms with van der Waals surface area (Å²) in [6.45, 7) is 15.7. The van der Waals surface area contributed by atoms with Crippen LogP contribution in [0.2, 0.25) is 25.7 Å². The maximum Gasteiger partial charge on any atom is 0.407 e. The van der Waals surface area contributed by atoms with Crippen molar-refractivity contribution in [2.75, 3.05) is 20.3 Å². The van der Waals surface area contributed by atoms with Crippen LogP contribution >= 0.6 is 0 Å². The minimum Gasteiger partial charge on any atom is -0.469 e. The smallest absolute Gasteiger partial charge is 0.407 e. The van der Waals surface area contributed by atoms with E-state index in [0.717, 1.165) is 34.9 Å². The van der Waals surface area contributed by atoms with Gasteiger partial charge in [-0.1, -0.05) is 31.8 Å². The molecule has 40 heavy (non-hydrogen) atoms. The van der Waals surface area contributed by atoms with Crippen LogP contribution in [0, 0.1) is 12.8 Å². The summed E-state index contributed by atoms with van der Waals surface area (Å²) >= 11 is 0. The Morgan fingerprint density at radius 3 is 2.42 bits per heavy atom. The molecular formula is C30H43N3O6Si. The molecule has 0 fully saturated rings. The lowest BCUT2D eigenvalue weighted by molar-refractivity contribution is -0.145. The van der Waals surface area contributed by atoms with Gasteiger partial charge in [0.2, 0.25) is 0 Å². The largest absolute Gasteiger partial charge is 0.469 e. The van der Waals surface area contributed by atoms with Gasteiger partial charge < -0.3 is 28.8 Å². The summed E-state index contributed by atoms with van der Waals surface area (Å²) in [7, 11) is 0.186. The number of alkyl carbamates (subject to hydrolysis) is 1. The lowest BCUT2D eigenvalue weighted by Crippen LogP contribution is -2.38. The third-order valence-electron chi connectivity index (χ3n) is 6.24. The standard InChI is InChI=1S/C30H43N3O6Si/c1-21-17-25-26(13-14-31-27(25)33(21)20-37-15-16-40(6,7)8)38-24-11-9-22(10-12-24)18-23(28(34)36-5)19-32-29(35)39-30(2,3)4/h9-14,17,23H,15-16,18-20H2,1-8H3,(H,32,35). The van der Waals surface area contributed by atoms with Gasteiger partial charge in [-0.05, 0) is 70.0 Å².